The number of rotatable bonds is 32. The van der Waals surface area contributed by atoms with Gasteiger partial charge in [0.2, 0.25) is 0 Å². The lowest BCUT2D eigenvalue weighted by molar-refractivity contribution is -0.159. The van der Waals surface area contributed by atoms with E-state index < -0.39 is 0 Å². The van der Waals surface area contributed by atoms with Crippen LogP contribution in [-0.2, 0) is 14.3 Å². The molecule has 0 saturated carbocycles. The van der Waals surface area contributed by atoms with Gasteiger partial charge in [-0.2, -0.15) is 0 Å². The summed E-state index contributed by atoms with van der Waals surface area (Å²) in [6.07, 6.45) is 37.3. The summed E-state index contributed by atoms with van der Waals surface area (Å²) < 4.78 is 5.02. The van der Waals surface area contributed by atoms with E-state index in [2.05, 4.69) is 27.7 Å². The molecule has 0 atom stereocenters. The molecule has 0 saturated heterocycles. The fraction of sp³-hybridized carbons (Fsp3) is 0.947. The van der Waals surface area contributed by atoms with Crippen molar-refractivity contribution in [2.24, 2.45) is 11.8 Å². The Kier molecular flexibility index (Phi) is 31.4. The smallest absolute Gasteiger partial charge is 0.313 e. The van der Waals surface area contributed by atoms with Crippen molar-refractivity contribution in [1.29, 1.82) is 0 Å². The van der Waals surface area contributed by atoms with Crippen molar-refractivity contribution in [3.8, 4) is 0 Å². The van der Waals surface area contributed by atoms with Gasteiger partial charge in [-0.05, 0) is 24.7 Å². The Labute approximate surface area is 258 Å². The summed E-state index contributed by atoms with van der Waals surface area (Å²) in [5.74, 6) is 1.07. The standard InChI is InChI=1S/C38H74O3/c1-35(2)31-27-23-19-15-11-7-5-9-13-17-21-25-29-33-37(39)41-38(40)34-30-26-22-18-14-10-6-8-12-16-20-24-28-32-36(3)4/h35-36H,5-34H2,1-4H3. The van der Waals surface area contributed by atoms with Gasteiger partial charge in [-0.3, -0.25) is 9.59 Å². The predicted molar refractivity (Wildman–Crippen MR) is 179 cm³/mol. The van der Waals surface area contributed by atoms with Gasteiger partial charge in [-0.15, -0.1) is 0 Å². The molecule has 0 heterocycles. The number of esters is 2. The van der Waals surface area contributed by atoms with Crippen molar-refractivity contribution in [3.63, 3.8) is 0 Å². The first-order chi connectivity index (χ1) is 19.9. The minimum atomic E-state index is -0.324. The van der Waals surface area contributed by atoms with E-state index in [4.69, 9.17) is 4.74 Å². The topological polar surface area (TPSA) is 43.4 Å². The summed E-state index contributed by atoms with van der Waals surface area (Å²) in [5, 5.41) is 0. The van der Waals surface area contributed by atoms with Crippen molar-refractivity contribution in [3.05, 3.63) is 0 Å². The van der Waals surface area contributed by atoms with E-state index in [1.807, 2.05) is 0 Å². The maximum absolute atomic E-state index is 11.9. The maximum atomic E-state index is 11.9. The second-order valence-electron chi connectivity index (χ2n) is 13.9. The largest absolute Gasteiger partial charge is 0.393 e. The zero-order chi connectivity index (χ0) is 30.2. The van der Waals surface area contributed by atoms with Gasteiger partial charge >= 0.3 is 11.9 Å². The second-order valence-corrected chi connectivity index (χ2v) is 13.9. The Morgan fingerprint density at radius 1 is 0.341 bits per heavy atom. The molecule has 0 bridgehead atoms. The highest BCUT2D eigenvalue weighted by Crippen LogP contribution is 2.16. The molecule has 0 N–H and O–H groups in total. The Morgan fingerprint density at radius 3 is 0.756 bits per heavy atom. The van der Waals surface area contributed by atoms with Crippen molar-refractivity contribution < 1.29 is 14.3 Å². The molecule has 0 aliphatic carbocycles. The third kappa shape index (κ3) is 35.2. The van der Waals surface area contributed by atoms with Crippen LogP contribution >= 0.6 is 0 Å². The quantitative estimate of drug-likeness (QED) is 0.0453. The van der Waals surface area contributed by atoms with Crippen LogP contribution in [0.3, 0.4) is 0 Å². The van der Waals surface area contributed by atoms with E-state index in [-0.39, 0.29) is 11.9 Å². The lowest BCUT2D eigenvalue weighted by Crippen LogP contribution is -2.11. The van der Waals surface area contributed by atoms with Gasteiger partial charge < -0.3 is 4.74 Å². The molecule has 0 fully saturated rings. The highest BCUT2D eigenvalue weighted by Gasteiger charge is 2.10. The fourth-order valence-electron chi connectivity index (χ4n) is 5.76. The van der Waals surface area contributed by atoms with Gasteiger partial charge in [-0.1, -0.05) is 195 Å². The van der Waals surface area contributed by atoms with E-state index in [1.165, 1.54) is 154 Å². The maximum Gasteiger partial charge on any atom is 0.313 e. The van der Waals surface area contributed by atoms with Crippen molar-refractivity contribution in [2.45, 2.75) is 220 Å². The van der Waals surface area contributed by atoms with Crippen LogP contribution in [0.4, 0.5) is 0 Å². The normalized spacial score (nSPS) is 11.6. The molecule has 3 nitrogen and oxygen atoms in total. The van der Waals surface area contributed by atoms with Gasteiger partial charge in [0.05, 0.1) is 0 Å². The summed E-state index contributed by atoms with van der Waals surface area (Å²) >= 11 is 0. The molecule has 0 radical (unpaired) electrons. The van der Waals surface area contributed by atoms with E-state index in [9.17, 15) is 9.59 Å². The molecule has 41 heavy (non-hydrogen) atoms. The number of ether oxygens (including phenoxy) is 1. The van der Waals surface area contributed by atoms with Gasteiger partial charge in [0.25, 0.3) is 0 Å². The monoisotopic (exact) mass is 579 g/mol. The van der Waals surface area contributed by atoms with E-state index in [0.717, 1.165) is 37.5 Å². The molecule has 0 amide bonds. The SMILES string of the molecule is CC(C)CCCCCCCCCCCCCCCC(=O)OC(=O)CCCCCCCCCCCCCCCC(C)C. The highest BCUT2D eigenvalue weighted by molar-refractivity contribution is 5.85. The average Bonchev–Trinajstić information content (AvgIpc) is 2.92. The minimum absolute atomic E-state index is 0.324. The fourth-order valence-corrected chi connectivity index (χ4v) is 5.76. The van der Waals surface area contributed by atoms with Gasteiger partial charge in [-0.25, -0.2) is 0 Å². The van der Waals surface area contributed by atoms with Crippen LogP contribution in [0.25, 0.3) is 0 Å². The molecule has 0 spiro atoms. The van der Waals surface area contributed by atoms with E-state index >= 15 is 0 Å². The van der Waals surface area contributed by atoms with Crippen LogP contribution in [0, 0.1) is 11.8 Å². The van der Waals surface area contributed by atoms with Gasteiger partial charge in [0.15, 0.2) is 0 Å². The summed E-state index contributed by atoms with van der Waals surface area (Å²) in [6, 6.07) is 0. The van der Waals surface area contributed by atoms with Crippen LogP contribution in [0.1, 0.15) is 220 Å². The summed E-state index contributed by atoms with van der Waals surface area (Å²) in [6.45, 7) is 9.28. The van der Waals surface area contributed by atoms with E-state index in [0.29, 0.717) is 12.8 Å². The highest BCUT2D eigenvalue weighted by atomic mass is 16.6. The van der Waals surface area contributed by atoms with Crippen molar-refractivity contribution in [2.75, 3.05) is 0 Å². The lowest BCUT2D eigenvalue weighted by atomic mass is 10.0. The summed E-state index contributed by atoms with van der Waals surface area (Å²) in [4.78, 5) is 23.9. The van der Waals surface area contributed by atoms with Crippen LogP contribution in [0.15, 0.2) is 0 Å². The predicted octanol–water partition coefficient (Wildman–Crippen LogP) is 13.1. The molecule has 244 valence electrons. The Bertz CT molecular complexity index is 506. The zero-order valence-electron chi connectivity index (χ0n) is 28.6. The van der Waals surface area contributed by atoms with E-state index in [1.54, 1.807) is 0 Å². The number of hydrogen-bond donors (Lipinski definition) is 0. The molecule has 0 aromatic heterocycles. The summed E-state index contributed by atoms with van der Waals surface area (Å²) in [5.41, 5.74) is 0. The third-order valence-corrected chi connectivity index (χ3v) is 8.55. The Hall–Kier alpha value is -0.860. The van der Waals surface area contributed by atoms with Crippen LogP contribution in [-0.4, -0.2) is 11.9 Å². The molecular formula is C38H74O3. The lowest BCUT2D eigenvalue weighted by Gasteiger charge is -2.05. The molecule has 3 heteroatoms. The average molecular weight is 579 g/mol. The number of carbonyl (C=O) groups is 2. The summed E-state index contributed by atoms with van der Waals surface area (Å²) in [7, 11) is 0. The van der Waals surface area contributed by atoms with Crippen LogP contribution in [0.5, 0.6) is 0 Å². The second kappa shape index (κ2) is 32.1. The number of hydrogen-bond acceptors (Lipinski definition) is 3. The molecule has 0 rings (SSSR count). The first-order valence-electron chi connectivity index (χ1n) is 18.6. The van der Waals surface area contributed by atoms with Crippen LogP contribution < -0.4 is 0 Å². The first-order valence-corrected chi connectivity index (χ1v) is 18.6. The Balaban J connectivity index is 3.29. The molecular weight excluding hydrogens is 504 g/mol. The minimum Gasteiger partial charge on any atom is -0.393 e. The Morgan fingerprint density at radius 2 is 0.537 bits per heavy atom. The van der Waals surface area contributed by atoms with Crippen molar-refractivity contribution in [1.82, 2.24) is 0 Å². The third-order valence-electron chi connectivity index (χ3n) is 8.55. The number of carbonyl (C=O) groups excluding carboxylic acids is 2. The first kappa shape index (κ1) is 40.1. The zero-order valence-corrected chi connectivity index (χ0v) is 28.6. The molecule has 0 aromatic rings. The van der Waals surface area contributed by atoms with Gasteiger partial charge in [0, 0.05) is 12.8 Å². The molecule has 0 unspecified atom stereocenters. The van der Waals surface area contributed by atoms with Gasteiger partial charge in [0.1, 0.15) is 0 Å². The molecule has 0 aliphatic rings. The van der Waals surface area contributed by atoms with Crippen LogP contribution in [0.2, 0.25) is 0 Å². The molecule has 0 aliphatic heterocycles. The molecule has 0 aromatic carbocycles. The van der Waals surface area contributed by atoms with Crippen molar-refractivity contribution >= 4 is 11.9 Å². The number of unbranched alkanes of at least 4 members (excludes halogenated alkanes) is 24.